The van der Waals surface area contributed by atoms with E-state index in [-0.39, 0.29) is 24.5 Å². The number of fused-ring (bicyclic) bond motifs is 1. The zero-order valence-electron chi connectivity index (χ0n) is 14.8. The molecule has 2 aromatic heterocycles. The first-order valence-corrected chi connectivity index (χ1v) is 8.12. The maximum Gasteiger partial charge on any atom is 0.255 e. The fourth-order valence-corrected chi connectivity index (χ4v) is 2.97. The van der Waals surface area contributed by atoms with Crippen LogP contribution in [-0.4, -0.2) is 31.6 Å². The molecule has 0 aliphatic carbocycles. The zero-order chi connectivity index (χ0) is 18.1. The number of aliphatic hydroxyl groups excluding tert-OH is 1. The van der Waals surface area contributed by atoms with Crippen molar-refractivity contribution in [1.29, 1.82) is 0 Å². The van der Waals surface area contributed by atoms with Gasteiger partial charge in [-0.05, 0) is 39.3 Å². The quantitative estimate of drug-likeness (QED) is 0.673. The van der Waals surface area contributed by atoms with Gasteiger partial charge in [0.15, 0.2) is 0 Å². The molecule has 3 aromatic rings. The van der Waals surface area contributed by atoms with Gasteiger partial charge in [0.05, 0.1) is 16.9 Å². The number of aromatic nitrogens is 4. The average Bonchev–Trinajstić information content (AvgIpc) is 2.52. The Labute approximate surface area is 145 Å². The number of aryl methyl sites for hydroxylation is 4. The Balaban J connectivity index is 2.03. The number of H-pyrrole nitrogens is 1. The molecule has 0 aliphatic rings. The minimum Gasteiger partial charge on any atom is -0.396 e. The van der Waals surface area contributed by atoms with E-state index in [4.69, 9.17) is 5.11 Å². The number of benzene rings is 1. The predicted molar refractivity (Wildman–Crippen MR) is 97.4 cm³/mol. The second kappa shape index (κ2) is 6.60. The summed E-state index contributed by atoms with van der Waals surface area (Å²) in [6.07, 6.45) is 0.276. The molecule has 0 atom stereocenters. The second-order valence-electron chi connectivity index (χ2n) is 6.19. The molecule has 25 heavy (non-hydrogen) atoms. The summed E-state index contributed by atoms with van der Waals surface area (Å²) in [5.74, 6) is 0.669. The van der Waals surface area contributed by atoms with Crippen LogP contribution in [0.3, 0.4) is 0 Å². The van der Waals surface area contributed by atoms with Gasteiger partial charge in [0.25, 0.3) is 5.56 Å². The van der Waals surface area contributed by atoms with Crippen molar-refractivity contribution in [3.8, 4) is 0 Å². The van der Waals surface area contributed by atoms with E-state index in [1.54, 1.807) is 6.92 Å². The summed E-state index contributed by atoms with van der Waals surface area (Å²) in [6, 6.07) is 4.14. The van der Waals surface area contributed by atoms with Crippen LogP contribution in [0.5, 0.6) is 0 Å². The molecule has 0 saturated carbocycles. The van der Waals surface area contributed by atoms with Crippen LogP contribution in [-0.2, 0) is 6.42 Å². The van der Waals surface area contributed by atoms with E-state index < -0.39 is 0 Å². The van der Waals surface area contributed by atoms with Crippen molar-refractivity contribution >= 4 is 22.8 Å². The molecule has 1 aromatic carbocycles. The summed E-state index contributed by atoms with van der Waals surface area (Å²) in [5.41, 5.74) is 4.75. The lowest BCUT2D eigenvalue weighted by Gasteiger charge is -2.11. The monoisotopic (exact) mass is 339 g/mol. The normalized spacial score (nSPS) is 11.1. The van der Waals surface area contributed by atoms with Crippen LogP contribution >= 0.6 is 0 Å². The highest BCUT2D eigenvalue weighted by atomic mass is 16.3. The third-order valence-corrected chi connectivity index (χ3v) is 4.14. The number of aliphatic hydroxyl groups is 1. The molecule has 0 bridgehead atoms. The number of nitrogens with one attached hydrogen (secondary N) is 2. The van der Waals surface area contributed by atoms with Crippen molar-refractivity contribution in [2.75, 3.05) is 11.9 Å². The molecule has 0 amide bonds. The summed E-state index contributed by atoms with van der Waals surface area (Å²) < 4.78 is 0. The molecule has 0 unspecified atom stereocenters. The number of hydrogen-bond donors (Lipinski definition) is 3. The second-order valence-corrected chi connectivity index (χ2v) is 6.19. The van der Waals surface area contributed by atoms with E-state index in [1.807, 2.05) is 20.8 Å². The molecule has 2 heterocycles. The molecular formula is C18H21N5O2. The third-order valence-electron chi connectivity index (χ3n) is 4.14. The van der Waals surface area contributed by atoms with Crippen LogP contribution < -0.4 is 10.9 Å². The molecule has 0 radical (unpaired) electrons. The number of anilines is 2. The van der Waals surface area contributed by atoms with Crippen molar-refractivity contribution in [3.63, 3.8) is 0 Å². The summed E-state index contributed by atoms with van der Waals surface area (Å²) in [7, 11) is 0. The van der Waals surface area contributed by atoms with Gasteiger partial charge in [-0.3, -0.25) is 15.1 Å². The fraction of sp³-hybridized carbons (Fsp3) is 0.333. The van der Waals surface area contributed by atoms with E-state index in [0.717, 1.165) is 22.2 Å². The maximum absolute atomic E-state index is 12.1. The van der Waals surface area contributed by atoms with E-state index in [2.05, 4.69) is 37.4 Å². The van der Waals surface area contributed by atoms with Crippen LogP contribution in [0, 0.1) is 27.7 Å². The first-order valence-electron chi connectivity index (χ1n) is 8.12. The van der Waals surface area contributed by atoms with Gasteiger partial charge in [0.1, 0.15) is 0 Å². The number of aromatic amines is 1. The van der Waals surface area contributed by atoms with Crippen LogP contribution in [0.1, 0.15) is 28.1 Å². The van der Waals surface area contributed by atoms with Crippen LogP contribution in [0.15, 0.2) is 16.9 Å². The van der Waals surface area contributed by atoms with Gasteiger partial charge >= 0.3 is 0 Å². The molecule has 7 nitrogen and oxygen atoms in total. The Kier molecular flexibility index (Phi) is 4.50. The number of hydrogen-bond acceptors (Lipinski definition) is 6. The predicted octanol–water partition coefficient (Wildman–Crippen LogP) is 2.23. The van der Waals surface area contributed by atoms with E-state index >= 15 is 0 Å². The average molecular weight is 339 g/mol. The first kappa shape index (κ1) is 17.0. The van der Waals surface area contributed by atoms with Gasteiger partial charge in [0.2, 0.25) is 11.9 Å². The SMILES string of the molecule is Cc1cc(C)c2nc(Nc3nc(C)c(CCO)c(=O)[nH]3)nc(C)c2c1. The maximum atomic E-state index is 12.1. The standard InChI is InChI=1S/C18H21N5O2/c1-9-7-10(2)15-14(8-9)12(4)20-17(21-15)23-18-19-11(3)13(5-6-24)16(25)22-18/h7-8,24H,5-6H2,1-4H3,(H2,19,20,21,22,23,25). The minimum absolute atomic E-state index is 0.0932. The summed E-state index contributed by atoms with van der Waals surface area (Å²) in [6.45, 7) is 7.64. The Morgan fingerprint density at radius 1 is 1.08 bits per heavy atom. The van der Waals surface area contributed by atoms with Crippen molar-refractivity contribution in [2.45, 2.75) is 34.1 Å². The molecule has 0 saturated heterocycles. The Morgan fingerprint density at radius 3 is 2.52 bits per heavy atom. The molecule has 7 heteroatoms. The summed E-state index contributed by atoms with van der Waals surface area (Å²) in [4.78, 5) is 28.2. The first-order chi connectivity index (χ1) is 11.9. The Hall–Kier alpha value is -2.80. The van der Waals surface area contributed by atoms with Gasteiger partial charge in [-0.1, -0.05) is 11.6 Å². The van der Waals surface area contributed by atoms with Gasteiger partial charge in [0, 0.05) is 24.0 Å². The molecule has 130 valence electrons. The molecular weight excluding hydrogens is 318 g/mol. The molecule has 0 fully saturated rings. The topological polar surface area (TPSA) is 104 Å². The Morgan fingerprint density at radius 2 is 1.84 bits per heavy atom. The van der Waals surface area contributed by atoms with Crippen molar-refractivity contribution in [1.82, 2.24) is 19.9 Å². The van der Waals surface area contributed by atoms with Crippen molar-refractivity contribution in [2.24, 2.45) is 0 Å². The van der Waals surface area contributed by atoms with E-state index in [9.17, 15) is 4.79 Å². The van der Waals surface area contributed by atoms with Crippen LogP contribution in [0.25, 0.3) is 10.9 Å². The van der Waals surface area contributed by atoms with Crippen molar-refractivity contribution in [3.05, 3.63) is 50.6 Å². The van der Waals surface area contributed by atoms with Crippen molar-refractivity contribution < 1.29 is 5.11 Å². The minimum atomic E-state index is -0.270. The third kappa shape index (κ3) is 3.36. The lowest BCUT2D eigenvalue weighted by molar-refractivity contribution is 0.298. The van der Waals surface area contributed by atoms with Gasteiger partial charge in [-0.15, -0.1) is 0 Å². The lowest BCUT2D eigenvalue weighted by Crippen LogP contribution is -2.19. The van der Waals surface area contributed by atoms with Crippen LogP contribution in [0.2, 0.25) is 0 Å². The lowest BCUT2D eigenvalue weighted by atomic mass is 10.1. The smallest absolute Gasteiger partial charge is 0.255 e. The fourth-order valence-electron chi connectivity index (χ4n) is 2.97. The van der Waals surface area contributed by atoms with E-state index in [1.165, 1.54) is 5.56 Å². The van der Waals surface area contributed by atoms with Gasteiger partial charge in [-0.25, -0.2) is 15.0 Å². The van der Waals surface area contributed by atoms with Gasteiger partial charge in [-0.2, -0.15) is 0 Å². The zero-order valence-corrected chi connectivity index (χ0v) is 14.8. The molecule has 0 aliphatic heterocycles. The highest BCUT2D eigenvalue weighted by Gasteiger charge is 2.11. The Bertz CT molecular complexity index is 1010. The highest BCUT2D eigenvalue weighted by Crippen LogP contribution is 2.23. The molecule has 0 spiro atoms. The molecule has 3 N–H and O–H groups in total. The summed E-state index contributed by atoms with van der Waals surface area (Å²) in [5, 5.41) is 13.0. The highest BCUT2D eigenvalue weighted by molar-refractivity contribution is 5.85. The largest absolute Gasteiger partial charge is 0.396 e. The summed E-state index contributed by atoms with van der Waals surface area (Å²) >= 11 is 0. The number of rotatable bonds is 4. The van der Waals surface area contributed by atoms with Gasteiger partial charge < -0.3 is 5.11 Å². The number of nitrogens with zero attached hydrogens (tertiary/aromatic N) is 3. The van der Waals surface area contributed by atoms with Crippen LogP contribution in [0.4, 0.5) is 11.9 Å². The van der Waals surface area contributed by atoms with E-state index in [0.29, 0.717) is 17.2 Å². The molecule has 3 rings (SSSR count).